The molecule has 0 fully saturated rings. The van der Waals surface area contributed by atoms with E-state index in [9.17, 15) is 9.18 Å². The fourth-order valence-corrected chi connectivity index (χ4v) is 3.74. The van der Waals surface area contributed by atoms with E-state index in [1.807, 2.05) is 42.6 Å². The molecule has 0 radical (unpaired) electrons. The topological polar surface area (TPSA) is 42.0 Å². The molecule has 0 atom stereocenters. The Hall–Kier alpha value is -2.18. The van der Waals surface area contributed by atoms with Crippen molar-refractivity contribution in [2.75, 3.05) is 11.1 Å². The third kappa shape index (κ3) is 4.21. The number of halogens is 1. The monoisotopic (exact) mass is 358 g/mol. The van der Waals surface area contributed by atoms with Gasteiger partial charge in [0.25, 0.3) is 0 Å². The van der Waals surface area contributed by atoms with E-state index in [0.29, 0.717) is 5.69 Å². The van der Waals surface area contributed by atoms with Gasteiger partial charge in [-0.15, -0.1) is 11.3 Å². The summed E-state index contributed by atoms with van der Waals surface area (Å²) < 4.78 is 14.1. The highest BCUT2D eigenvalue weighted by atomic mass is 32.2. The van der Waals surface area contributed by atoms with Gasteiger partial charge >= 0.3 is 0 Å². The van der Waals surface area contributed by atoms with Crippen LogP contribution < -0.4 is 5.32 Å². The van der Waals surface area contributed by atoms with Gasteiger partial charge in [0.2, 0.25) is 5.91 Å². The molecule has 0 saturated carbocycles. The highest BCUT2D eigenvalue weighted by Crippen LogP contribution is 2.28. The van der Waals surface area contributed by atoms with E-state index < -0.39 is 0 Å². The summed E-state index contributed by atoms with van der Waals surface area (Å²) in [4.78, 5) is 16.6. The van der Waals surface area contributed by atoms with Crippen LogP contribution in [0.4, 0.5) is 10.1 Å². The molecule has 0 bridgehead atoms. The van der Waals surface area contributed by atoms with Crippen molar-refractivity contribution in [1.29, 1.82) is 0 Å². The minimum atomic E-state index is -0.365. The third-order valence-electron chi connectivity index (χ3n) is 3.35. The van der Waals surface area contributed by atoms with Crippen molar-refractivity contribution in [3.05, 3.63) is 65.3 Å². The molecule has 122 valence electrons. The van der Waals surface area contributed by atoms with Gasteiger partial charge < -0.3 is 5.32 Å². The second kappa shape index (κ2) is 7.59. The minimum Gasteiger partial charge on any atom is -0.325 e. The van der Waals surface area contributed by atoms with E-state index in [0.717, 1.165) is 21.2 Å². The third-order valence-corrected chi connectivity index (χ3v) is 5.37. The van der Waals surface area contributed by atoms with E-state index in [2.05, 4.69) is 10.3 Å². The number of nitrogens with one attached hydrogen (secondary N) is 1. The molecule has 0 spiro atoms. The highest BCUT2D eigenvalue weighted by molar-refractivity contribution is 8.01. The number of hydrogen-bond acceptors (Lipinski definition) is 4. The zero-order valence-corrected chi connectivity index (χ0v) is 14.6. The number of benzene rings is 2. The van der Waals surface area contributed by atoms with Gasteiger partial charge in [-0.1, -0.05) is 48.2 Å². The number of amides is 1. The molecule has 0 unspecified atom stereocenters. The quantitative estimate of drug-likeness (QED) is 0.654. The molecule has 1 aromatic heterocycles. The number of carbonyl (C=O) groups excluding carboxylic acids is 1. The largest absolute Gasteiger partial charge is 0.325 e. The zero-order chi connectivity index (χ0) is 16.9. The first-order valence-electron chi connectivity index (χ1n) is 7.31. The number of thioether (sulfide) groups is 1. The maximum atomic E-state index is 13.2. The molecular weight excluding hydrogens is 343 g/mol. The summed E-state index contributed by atoms with van der Waals surface area (Å²) in [5.74, 6) is -0.307. The van der Waals surface area contributed by atoms with Gasteiger partial charge in [-0.25, -0.2) is 9.37 Å². The van der Waals surface area contributed by atoms with Crippen molar-refractivity contribution in [1.82, 2.24) is 4.98 Å². The number of rotatable bonds is 5. The molecule has 3 aromatic rings. The van der Waals surface area contributed by atoms with Gasteiger partial charge in [-0.05, 0) is 24.6 Å². The molecule has 0 aliphatic carbocycles. The van der Waals surface area contributed by atoms with Crippen LogP contribution in [0.2, 0.25) is 0 Å². The molecule has 6 heteroatoms. The number of carbonyl (C=O) groups is 1. The number of thiazole rings is 1. The summed E-state index contributed by atoms with van der Waals surface area (Å²) in [6.45, 7) is 1.83. The molecule has 1 amide bonds. The number of hydrogen-bond donors (Lipinski definition) is 1. The molecule has 24 heavy (non-hydrogen) atoms. The summed E-state index contributed by atoms with van der Waals surface area (Å²) in [5.41, 5.74) is 3.30. The Labute approximate surface area is 148 Å². The first-order chi connectivity index (χ1) is 11.6. The second-order valence-electron chi connectivity index (χ2n) is 5.16. The summed E-state index contributed by atoms with van der Waals surface area (Å²) in [7, 11) is 0. The SMILES string of the molecule is Cc1ccc(F)cc1NC(=O)CSc1nc(-c2ccccc2)cs1. The number of aryl methyl sites for hydroxylation is 1. The molecule has 3 rings (SSSR count). The average Bonchev–Trinajstić information content (AvgIpc) is 3.06. The Bertz CT molecular complexity index is 849. The summed E-state index contributed by atoms with van der Waals surface area (Å²) in [6.07, 6.45) is 0. The van der Waals surface area contributed by atoms with Crippen LogP contribution in [0, 0.1) is 12.7 Å². The Morgan fingerprint density at radius 3 is 2.83 bits per heavy atom. The van der Waals surface area contributed by atoms with Crippen LogP contribution in [0.3, 0.4) is 0 Å². The minimum absolute atomic E-state index is 0.176. The first-order valence-corrected chi connectivity index (χ1v) is 9.18. The van der Waals surface area contributed by atoms with Crippen LogP contribution in [-0.4, -0.2) is 16.6 Å². The predicted octanol–water partition coefficient (Wildman–Crippen LogP) is 4.99. The van der Waals surface area contributed by atoms with Crippen molar-refractivity contribution in [2.24, 2.45) is 0 Å². The van der Waals surface area contributed by atoms with Crippen molar-refractivity contribution in [2.45, 2.75) is 11.3 Å². The first kappa shape index (κ1) is 16.7. The van der Waals surface area contributed by atoms with Gasteiger partial charge in [0.15, 0.2) is 4.34 Å². The lowest BCUT2D eigenvalue weighted by atomic mass is 10.2. The molecule has 0 aliphatic rings. The average molecular weight is 358 g/mol. The molecular formula is C18H15FN2OS2. The summed E-state index contributed by atoms with van der Waals surface area (Å²) in [5, 5.41) is 4.72. The van der Waals surface area contributed by atoms with E-state index in [1.54, 1.807) is 6.07 Å². The van der Waals surface area contributed by atoms with Crippen LogP contribution >= 0.6 is 23.1 Å². The summed E-state index contributed by atoms with van der Waals surface area (Å²) in [6, 6.07) is 14.3. The molecule has 2 aromatic carbocycles. The van der Waals surface area contributed by atoms with Gasteiger partial charge in [-0.2, -0.15) is 0 Å². The lowest BCUT2D eigenvalue weighted by Crippen LogP contribution is -2.14. The lowest BCUT2D eigenvalue weighted by Gasteiger charge is -2.07. The zero-order valence-electron chi connectivity index (χ0n) is 13.0. The Kier molecular flexibility index (Phi) is 5.27. The maximum absolute atomic E-state index is 13.2. The fourth-order valence-electron chi connectivity index (χ4n) is 2.11. The van der Waals surface area contributed by atoms with E-state index in [4.69, 9.17) is 0 Å². The predicted molar refractivity (Wildman–Crippen MR) is 98.0 cm³/mol. The van der Waals surface area contributed by atoms with Crippen molar-refractivity contribution in [3.63, 3.8) is 0 Å². The maximum Gasteiger partial charge on any atom is 0.234 e. The Morgan fingerprint density at radius 1 is 1.25 bits per heavy atom. The Balaban J connectivity index is 1.59. The number of aromatic nitrogens is 1. The smallest absolute Gasteiger partial charge is 0.234 e. The van der Waals surface area contributed by atoms with E-state index >= 15 is 0 Å². The number of nitrogens with zero attached hydrogens (tertiary/aromatic N) is 1. The lowest BCUT2D eigenvalue weighted by molar-refractivity contribution is -0.113. The van der Waals surface area contributed by atoms with E-state index in [-0.39, 0.29) is 17.5 Å². The molecule has 0 aliphatic heterocycles. The van der Waals surface area contributed by atoms with Gasteiger partial charge in [0.1, 0.15) is 5.82 Å². The van der Waals surface area contributed by atoms with Crippen LogP contribution in [-0.2, 0) is 4.79 Å². The van der Waals surface area contributed by atoms with Gasteiger partial charge in [-0.3, -0.25) is 4.79 Å². The van der Waals surface area contributed by atoms with E-state index in [1.165, 1.54) is 35.2 Å². The normalized spacial score (nSPS) is 10.6. The summed E-state index contributed by atoms with van der Waals surface area (Å²) >= 11 is 2.89. The molecule has 1 heterocycles. The molecule has 1 N–H and O–H groups in total. The van der Waals surface area contributed by atoms with Crippen LogP contribution in [0.25, 0.3) is 11.3 Å². The highest BCUT2D eigenvalue weighted by Gasteiger charge is 2.09. The van der Waals surface area contributed by atoms with Crippen LogP contribution in [0.1, 0.15) is 5.56 Å². The van der Waals surface area contributed by atoms with Crippen LogP contribution in [0.15, 0.2) is 58.3 Å². The van der Waals surface area contributed by atoms with Crippen LogP contribution in [0.5, 0.6) is 0 Å². The standard InChI is InChI=1S/C18H15FN2OS2/c1-12-7-8-14(19)9-15(12)20-17(22)11-24-18-21-16(10-23-18)13-5-3-2-4-6-13/h2-10H,11H2,1H3,(H,20,22). The van der Waals surface area contributed by atoms with Gasteiger partial charge in [0, 0.05) is 16.6 Å². The number of anilines is 1. The van der Waals surface area contributed by atoms with Crippen molar-refractivity contribution < 1.29 is 9.18 Å². The van der Waals surface area contributed by atoms with Crippen molar-refractivity contribution in [3.8, 4) is 11.3 Å². The fraction of sp³-hybridized carbons (Fsp3) is 0.111. The Morgan fingerprint density at radius 2 is 2.04 bits per heavy atom. The second-order valence-corrected chi connectivity index (χ2v) is 7.24. The van der Waals surface area contributed by atoms with Crippen molar-refractivity contribution >= 4 is 34.7 Å². The molecule has 0 saturated heterocycles. The van der Waals surface area contributed by atoms with Gasteiger partial charge in [0.05, 0.1) is 11.4 Å². The molecule has 3 nitrogen and oxygen atoms in total.